The van der Waals surface area contributed by atoms with Crippen molar-refractivity contribution in [1.82, 2.24) is 5.32 Å². The minimum atomic E-state index is -0.444. The molecule has 188 valence electrons. The largest absolute Gasteiger partial charge is 0.441 e. The van der Waals surface area contributed by atoms with Crippen LogP contribution in [0.25, 0.3) is 6.08 Å². The van der Waals surface area contributed by atoms with Gasteiger partial charge >= 0.3 is 6.09 Å². The zero-order chi connectivity index (χ0) is 25.8. The number of ether oxygens (including phenoxy) is 2. The molecule has 4 nitrogen and oxygen atoms in total. The predicted octanol–water partition coefficient (Wildman–Crippen LogP) is 8.11. The van der Waals surface area contributed by atoms with E-state index in [1.807, 2.05) is 64.1 Å². The number of nitrogens with one attached hydrogen (secondary N) is 1. The van der Waals surface area contributed by atoms with Gasteiger partial charge in [-0.1, -0.05) is 86.4 Å². The summed E-state index contributed by atoms with van der Waals surface area (Å²) in [6.07, 6.45) is 7.98. The minimum Gasteiger partial charge on any atom is -0.441 e. The Labute approximate surface area is 215 Å². The third-order valence-corrected chi connectivity index (χ3v) is 7.43. The van der Waals surface area contributed by atoms with Crippen molar-refractivity contribution in [3.63, 3.8) is 0 Å². The summed E-state index contributed by atoms with van der Waals surface area (Å²) < 4.78 is 11.8. The highest BCUT2D eigenvalue weighted by Gasteiger charge is 2.26. The van der Waals surface area contributed by atoms with Crippen LogP contribution in [0.15, 0.2) is 66.8 Å². The number of amides is 1. The van der Waals surface area contributed by atoms with E-state index in [9.17, 15) is 4.79 Å². The molecule has 6 heteroatoms. The number of carbonyl (C=O) groups excluding carboxylic acids is 1. The van der Waals surface area contributed by atoms with Gasteiger partial charge in [0, 0.05) is 23.3 Å². The molecule has 0 fully saturated rings. The van der Waals surface area contributed by atoms with Gasteiger partial charge in [-0.15, -0.1) is 11.7 Å². The second-order valence-corrected chi connectivity index (χ2v) is 10.9. The average molecular weight is 504 g/mol. The van der Waals surface area contributed by atoms with Gasteiger partial charge in [0.15, 0.2) is 0 Å². The Morgan fingerprint density at radius 2 is 1.85 bits per heavy atom. The zero-order valence-electron chi connectivity index (χ0n) is 21.5. The molecule has 1 unspecified atom stereocenters. The number of hydrogen-bond acceptors (Lipinski definition) is 5. The molecule has 0 aromatic heterocycles. The van der Waals surface area contributed by atoms with Gasteiger partial charge in [-0.2, -0.15) is 0 Å². The summed E-state index contributed by atoms with van der Waals surface area (Å²) in [6.45, 7) is 21.1. The van der Waals surface area contributed by atoms with Gasteiger partial charge in [-0.05, 0) is 50.8 Å². The Morgan fingerprint density at radius 1 is 1.18 bits per heavy atom. The lowest BCUT2D eigenvalue weighted by Gasteiger charge is -2.30. The first kappa shape index (κ1) is 30.1. The fraction of sp³-hybridized carbons (Fsp3) is 0.464. The van der Waals surface area contributed by atoms with Crippen LogP contribution in [-0.4, -0.2) is 29.6 Å². The summed E-state index contributed by atoms with van der Waals surface area (Å²) in [5, 5.41) is 2.88. The monoisotopic (exact) mass is 503 g/mol. The molecule has 1 aliphatic carbocycles. The second-order valence-electron chi connectivity index (χ2n) is 9.03. The maximum atomic E-state index is 12.6. The van der Waals surface area contributed by atoms with Crippen LogP contribution in [0, 0.1) is 0 Å². The van der Waals surface area contributed by atoms with Crippen molar-refractivity contribution in [1.29, 1.82) is 0 Å². The maximum absolute atomic E-state index is 12.6. The van der Waals surface area contributed by atoms with Crippen LogP contribution in [0.2, 0.25) is 0 Å². The van der Waals surface area contributed by atoms with Crippen LogP contribution < -0.4 is 5.32 Å². The van der Waals surface area contributed by atoms with E-state index in [4.69, 9.17) is 9.47 Å². The van der Waals surface area contributed by atoms with Crippen molar-refractivity contribution >= 4 is 34.6 Å². The molecule has 0 spiro atoms. The fourth-order valence-electron chi connectivity index (χ4n) is 3.28. The molecule has 0 saturated carbocycles. The van der Waals surface area contributed by atoms with Crippen molar-refractivity contribution in [3.8, 4) is 0 Å². The van der Waals surface area contributed by atoms with E-state index in [0.29, 0.717) is 26.0 Å². The molecule has 1 N–H and O–H groups in total. The van der Waals surface area contributed by atoms with Crippen molar-refractivity contribution < 1.29 is 14.3 Å². The number of fused-ring (bicyclic) bond motifs is 1. The van der Waals surface area contributed by atoms with Gasteiger partial charge in [0.25, 0.3) is 0 Å². The zero-order valence-corrected chi connectivity index (χ0v) is 23.2. The Kier molecular flexibility index (Phi) is 12.9. The first-order valence-corrected chi connectivity index (χ1v) is 13.6. The Bertz CT molecular complexity index is 887. The van der Waals surface area contributed by atoms with E-state index in [-0.39, 0.29) is 10.3 Å². The molecule has 2 rings (SSSR count). The highest BCUT2D eigenvalue weighted by atomic mass is 33.1. The van der Waals surface area contributed by atoms with E-state index in [0.717, 1.165) is 22.3 Å². The third kappa shape index (κ3) is 9.77. The minimum absolute atomic E-state index is 0.0759. The summed E-state index contributed by atoms with van der Waals surface area (Å²) in [4.78, 5) is 12.6. The molecular formula is C28H41NO3S2. The van der Waals surface area contributed by atoms with Crippen LogP contribution in [0.4, 0.5) is 4.79 Å². The maximum Gasteiger partial charge on any atom is 0.407 e. The van der Waals surface area contributed by atoms with Crippen LogP contribution >= 0.6 is 22.5 Å². The van der Waals surface area contributed by atoms with Gasteiger partial charge in [-0.25, -0.2) is 4.79 Å². The van der Waals surface area contributed by atoms with Crippen LogP contribution in [0.3, 0.4) is 0 Å². The molecule has 1 aromatic rings. The first-order valence-electron chi connectivity index (χ1n) is 11.8. The second kappa shape index (κ2) is 14.5. The lowest BCUT2D eigenvalue weighted by molar-refractivity contribution is -0.0301. The molecule has 1 aromatic carbocycles. The third-order valence-electron chi connectivity index (χ3n) is 5.33. The molecule has 1 atom stereocenters. The summed E-state index contributed by atoms with van der Waals surface area (Å²) in [5.74, 6) is 0. The number of hydrogen-bond donors (Lipinski definition) is 2. The normalized spacial score (nSPS) is 18.9. The molecule has 0 saturated heterocycles. The van der Waals surface area contributed by atoms with Gasteiger partial charge in [-0.3, -0.25) is 0 Å². The van der Waals surface area contributed by atoms with Crippen molar-refractivity contribution in [2.75, 3.05) is 13.2 Å². The predicted molar refractivity (Wildman–Crippen MR) is 151 cm³/mol. The summed E-state index contributed by atoms with van der Waals surface area (Å²) in [6, 6.07) is 7.95. The van der Waals surface area contributed by atoms with Gasteiger partial charge in [0.05, 0.1) is 12.2 Å². The van der Waals surface area contributed by atoms with E-state index in [2.05, 4.69) is 44.0 Å². The number of alkyl carbamates (subject to hydrolysis) is 1. The van der Waals surface area contributed by atoms with Crippen LogP contribution in [0.1, 0.15) is 71.6 Å². The number of carbonyl (C=O) groups is 1. The molecule has 0 radical (unpaired) electrons. The standard InChI is InChI=1S/C26H35NO3S2.C2H6/c1-7-19-13-14-21-11-9-10-12-22(21)23(17-20(19)8-2)30-24(28)27-16-15-25(3,4)29-18-26(5,6)32-31;1-2/h7-14,23,31H,1-2,15-18H2,3-6H3,(H,27,28);1-2H3/b14-13-,20-19-;. The van der Waals surface area contributed by atoms with E-state index < -0.39 is 12.2 Å². The number of allylic oxidation sites excluding steroid dienone is 4. The Hall–Kier alpha value is -1.89. The van der Waals surface area contributed by atoms with Crippen molar-refractivity contribution in [2.45, 2.75) is 70.8 Å². The number of thiol groups is 1. The SMILES string of the molecule is C=CC1=C(\C=C)CC(OC(=O)NCCC(C)(C)OCC(C)(C)SS)c2ccccc2/C=C\1.CC. The Morgan fingerprint density at radius 3 is 2.47 bits per heavy atom. The molecule has 0 bridgehead atoms. The molecular weight excluding hydrogens is 462 g/mol. The van der Waals surface area contributed by atoms with Gasteiger partial charge in [0.1, 0.15) is 6.10 Å². The molecule has 1 aliphatic rings. The highest BCUT2D eigenvalue weighted by Crippen LogP contribution is 2.33. The lowest BCUT2D eigenvalue weighted by Crippen LogP contribution is -2.36. The molecule has 34 heavy (non-hydrogen) atoms. The topological polar surface area (TPSA) is 47.6 Å². The van der Waals surface area contributed by atoms with Crippen LogP contribution in [0.5, 0.6) is 0 Å². The number of benzene rings is 1. The summed E-state index contributed by atoms with van der Waals surface area (Å²) in [7, 11) is 1.48. The lowest BCUT2D eigenvalue weighted by atomic mass is 9.91. The van der Waals surface area contributed by atoms with Gasteiger partial charge in [0.2, 0.25) is 0 Å². The van der Waals surface area contributed by atoms with Crippen molar-refractivity contribution in [3.05, 3.63) is 77.9 Å². The van der Waals surface area contributed by atoms with E-state index >= 15 is 0 Å². The molecule has 1 amide bonds. The van der Waals surface area contributed by atoms with Crippen LogP contribution in [-0.2, 0) is 9.47 Å². The average Bonchev–Trinajstić information content (AvgIpc) is 2.82. The first-order chi connectivity index (χ1) is 16.1. The number of rotatable bonds is 10. The highest BCUT2D eigenvalue weighted by molar-refractivity contribution is 8.69. The van der Waals surface area contributed by atoms with Gasteiger partial charge < -0.3 is 14.8 Å². The fourth-order valence-corrected chi connectivity index (χ4v) is 3.55. The summed E-state index contributed by atoms with van der Waals surface area (Å²) >= 11 is 4.29. The smallest absolute Gasteiger partial charge is 0.407 e. The summed E-state index contributed by atoms with van der Waals surface area (Å²) in [5.41, 5.74) is 3.58. The van der Waals surface area contributed by atoms with E-state index in [1.165, 1.54) is 10.8 Å². The quantitative estimate of drug-likeness (QED) is 0.250. The van der Waals surface area contributed by atoms with Crippen molar-refractivity contribution in [2.24, 2.45) is 0 Å². The Balaban J connectivity index is 0.00000281. The molecule has 0 aliphatic heterocycles. The molecule has 0 heterocycles. The van der Waals surface area contributed by atoms with E-state index in [1.54, 1.807) is 12.2 Å².